The van der Waals surface area contributed by atoms with Crippen LogP contribution in [0.25, 0.3) is 0 Å². The maximum Gasteiger partial charge on any atom is 0.416 e. The zero-order valence-electron chi connectivity index (χ0n) is 24.9. The molecule has 1 saturated carbocycles. The van der Waals surface area contributed by atoms with Gasteiger partial charge in [0.15, 0.2) is 0 Å². The number of thiocarbonyl (C=S) groups is 1. The molecule has 2 aliphatic rings. The van der Waals surface area contributed by atoms with Crippen LogP contribution in [-0.4, -0.2) is 66.0 Å². The van der Waals surface area contributed by atoms with Crippen molar-refractivity contribution >= 4 is 34.7 Å². The van der Waals surface area contributed by atoms with Crippen LogP contribution in [0.1, 0.15) is 78.9 Å². The van der Waals surface area contributed by atoms with Crippen LogP contribution < -0.4 is 21.3 Å². The third kappa shape index (κ3) is 9.40. The van der Waals surface area contributed by atoms with Gasteiger partial charge >= 0.3 is 6.18 Å². The normalized spacial score (nSPS) is 19.8. The summed E-state index contributed by atoms with van der Waals surface area (Å²) in [6.45, 7) is 6.12. The van der Waals surface area contributed by atoms with Crippen LogP contribution in [0.4, 0.5) is 18.9 Å². The molecule has 0 bridgehead atoms. The molecule has 2 atom stereocenters. The van der Waals surface area contributed by atoms with Gasteiger partial charge in [-0.25, -0.2) is 0 Å². The van der Waals surface area contributed by atoms with E-state index in [1.165, 1.54) is 6.07 Å². The first-order valence-electron chi connectivity index (χ1n) is 15.2. The molecule has 2 fully saturated rings. The Morgan fingerprint density at radius 2 is 1.70 bits per heavy atom. The van der Waals surface area contributed by atoms with Crippen LogP contribution in [-0.2, 0) is 11.0 Å². The lowest BCUT2D eigenvalue weighted by atomic mass is 9.95. The lowest BCUT2D eigenvalue weighted by Gasteiger charge is -2.39. The van der Waals surface area contributed by atoms with Gasteiger partial charge in [0.05, 0.1) is 23.7 Å². The van der Waals surface area contributed by atoms with E-state index in [0.29, 0.717) is 17.2 Å². The number of alkyl halides is 3. The molecule has 1 saturated heterocycles. The van der Waals surface area contributed by atoms with Crippen molar-refractivity contribution in [2.24, 2.45) is 0 Å². The number of amides is 2. The van der Waals surface area contributed by atoms with Crippen molar-refractivity contribution in [3.8, 4) is 0 Å². The molecule has 0 radical (unpaired) electrons. The summed E-state index contributed by atoms with van der Waals surface area (Å²) in [5, 5.41) is 12.3. The van der Waals surface area contributed by atoms with Crippen LogP contribution in [0, 0.1) is 6.92 Å². The third-order valence-corrected chi connectivity index (χ3v) is 8.53. The average Bonchev–Trinajstić information content (AvgIpc) is 2.98. The summed E-state index contributed by atoms with van der Waals surface area (Å²) >= 11 is 5.66. The second-order valence-electron chi connectivity index (χ2n) is 11.6. The van der Waals surface area contributed by atoms with Crippen molar-refractivity contribution in [3.63, 3.8) is 0 Å². The van der Waals surface area contributed by atoms with Crippen LogP contribution in [0.5, 0.6) is 0 Å². The van der Waals surface area contributed by atoms with Crippen molar-refractivity contribution in [2.45, 2.75) is 83.1 Å². The minimum atomic E-state index is -4.59. The van der Waals surface area contributed by atoms with Gasteiger partial charge in [0.1, 0.15) is 4.99 Å². The fourth-order valence-electron chi connectivity index (χ4n) is 5.83. The number of piperidine rings is 1. The number of rotatable bonds is 10. The number of benzene rings is 2. The molecule has 4 rings (SSSR count). The zero-order valence-corrected chi connectivity index (χ0v) is 25.7. The Morgan fingerprint density at radius 1 is 0.977 bits per heavy atom. The molecule has 11 heteroatoms. The molecular weight excluding hydrogens is 575 g/mol. The number of nitrogens with one attached hydrogen (secondary N) is 4. The zero-order chi connectivity index (χ0) is 31.0. The van der Waals surface area contributed by atoms with E-state index in [9.17, 15) is 22.8 Å². The van der Waals surface area contributed by atoms with Gasteiger partial charge in [0, 0.05) is 36.4 Å². The Balaban J connectivity index is 1.42. The molecule has 234 valence electrons. The van der Waals surface area contributed by atoms with Gasteiger partial charge in [-0.3, -0.25) is 9.59 Å². The number of halogens is 3. The first-order valence-corrected chi connectivity index (χ1v) is 15.6. The van der Waals surface area contributed by atoms with Gasteiger partial charge in [-0.05, 0) is 57.4 Å². The number of hydrogen-bond acceptors (Lipinski definition) is 5. The molecule has 0 aromatic heterocycles. The number of aryl methyl sites for hydroxylation is 1. The quantitative estimate of drug-likeness (QED) is 0.267. The van der Waals surface area contributed by atoms with Crippen molar-refractivity contribution in [3.05, 3.63) is 64.7 Å². The van der Waals surface area contributed by atoms with Crippen molar-refractivity contribution < 1.29 is 22.8 Å². The number of carbonyl (C=O) groups excluding carboxylic acids is 2. The maximum absolute atomic E-state index is 13.5. The summed E-state index contributed by atoms with van der Waals surface area (Å²) in [6.07, 6.45) is 2.12. The summed E-state index contributed by atoms with van der Waals surface area (Å²) in [7, 11) is 0. The van der Waals surface area contributed by atoms with Gasteiger partial charge in [0.25, 0.3) is 5.91 Å². The van der Waals surface area contributed by atoms with Gasteiger partial charge in [0.2, 0.25) is 5.91 Å². The number of nitrogens with zero attached hydrogens (tertiary/aromatic N) is 1. The maximum atomic E-state index is 13.5. The Labute approximate surface area is 257 Å². The van der Waals surface area contributed by atoms with Crippen molar-refractivity contribution in [1.29, 1.82) is 0 Å². The summed E-state index contributed by atoms with van der Waals surface area (Å²) in [4.78, 5) is 29.1. The summed E-state index contributed by atoms with van der Waals surface area (Å²) in [5.41, 5.74) is 1.34. The molecule has 4 N–H and O–H groups in total. The Morgan fingerprint density at radius 3 is 2.37 bits per heavy atom. The van der Waals surface area contributed by atoms with Gasteiger partial charge in [-0.15, -0.1) is 0 Å². The molecule has 1 heterocycles. The van der Waals surface area contributed by atoms with E-state index in [2.05, 4.69) is 33.1 Å². The lowest BCUT2D eigenvalue weighted by Crippen LogP contribution is -2.61. The summed E-state index contributed by atoms with van der Waals surface area (Å²) < 4.78 is 40.5. The largest absolute Gasteiger partial charge is 0.416 e. The molecule has 0 spiro atoms. The molecule has 7 nitrogen and oxygen atoms in total. The standard InChI is InChI=1S/C32H42F3N5O2S/c1-3-16-40-17-15-27(39-31(43)22-11-9-21(2)10-12-22)28(20-40)38-29(41)19-36-30(42)25-18-23(32(33,34)35)13-14-26(25)37-24-7-5-4-6-8-24/h9-14,18,24,27-28,37H,3-8,15-17,19-20H2,1-2H3,(H,36,42)(H,38,41)(H,39,43)/t27-,28+/m1/s1. The Hall–Kier alpha value is -3.18. The first kappa shape index (κ1) is 32.7. The minimum absolute atomic E-state index is 0.0909. The smallest absolute Gasteiger partial charge is 0.382 e. The van der Waals surface area contributed by atoms with Crippen LogP contribution in [0.2, 0.25) is 0 Å². The highest BCUT2D eigenvalue weighted by molar-refractivity contribution is 7.80. The Bertz CT molecular complexity index is 1260. The van der Waals surface area contributed by atoms with Crippen LogP contribution in [0.3, 0.4) is 0 Å². The van der Waals surface area contributed by atoms with E-state index in [1.54, 1.807) is 0 Å². The second-order valence-corrected chi connectivity index (χ2v) is 12.0. The van der Waals surface area contributed by atoms with E-state index < -0.39 is 23.6 Å². The predicted molar refractivity (Wildman–Crippen MR) is 167 cm³/mol. The Kier molecular flexibility index (Phi) is 11.4. The molecule has 1 aliphatic carbocycles. The van der Waals surface area contributed by atoms with E-state index in [1.807, 2.05) is 31.2 Å². The monoisotopic (exact) mass is 617 g/mol. The van der Waals surface area contributed by atoms with Crippen molar-refractivity contribution in [2.75, 3.05) is 31.5 Å². The lowest BCUT2D eigenvalue weighted by molar-refractivity contribution is -0.137. The summed E-state index contributed by atoms with van der Waals surface area (Å²) in [6, 6.07) is 10.8. The fraction of sp³-hybridized carbons (Fsp3) is 0.531. The highest BCUT2D eigenvalue weighted by Crippen LogP contribution is 2.33. The molecule has 2 aromatic carbocycles. The van der Waals surface area contributed by atoms with Crippen LogP contribution >= 0.6 is 12.2 Å². The topological polar surface area (TPSA) is 85.5 Å². The minimum Gasteiger partial charge on any atom is -0.382 e. The number of likely N-dealkylation sites (tertiary alicyclic amines) is 1. The molecule has 1 aliphatic heterocycles. The SMILES string of the molecule is CCCN1CC[C@@H](NC(=S)c2ccc(C)cc2)[C@@H](NC(=O)CNC(=O)c2cc(C(F)(F)F)ccc2NC2CCCCC2)C1. The van der Waals surface area contributed by atoms with Gasteiger partial charge in [-0.1, -0.05) is 68.2 Å². The molecule has 2 amide bonds. The average molecular weight is 618 g/mol. The van der Waals surface area contributed by atoms with Gasteiger partial charge < -0.3 is 26.2 Å². The van der Waals surface area contributed by atoms with E-state index >= 15 is 0 Å². The number of carbonyl (C=O) groups is 2. The molecule has 0 unspecified atom stereocenters. The van der Waals surface area contributed by atoms with Crippen LogP contribution in [0.15, 0.2) is 42.5 Å². The van der Waals surface area contributed by atoms with E-state index in [4.69, 9.17) is 12.2 Å². The third-order valence-electron chi connectivity index (χ3n) is 8.18. The van der Waals surface area contributed by atoms with Gasteiger partial charge in [-0.2, -0.15) is 13.2 Å². The second kappa shape index (κ2) is 15.0. The van der Waals surface area contributed by atoms with E-state index in [0.717, 1.165) is 81.3 Å². The highest BCUT2D eigenvalue weighted by atomic mass is 32.1. The number of anilines is 1. The molecular formula is C32H42F3N5O2S. The first-order chi connectivity index (χ1) is 20.5. The summed E-state index contributed by atoms with van der Waals surface area (Å²) in [5.74, 6) is -1.15. The van der Waals surface area contributed by atoms with E-state index in [-0.39, 0.29) is 30.2 Å². The van der Waals surface area contributed by atoms with Crippen molar-refractivity contribution in [1.82, 2.24) is 20.9 Å². The predicted octanol–water partition coefficient (Wildman–Crippen LogP) is 5.42. The fourth-order valence-corrected chi connectivity index (χ4v) is 6.12. The highest BCUT2D eigenvalue weighted by Gasteiger charge is 2.33. The molecule has 43 heavy (non-hydrogen) atoms. The number of hydrogen-bond donors (Lipinski definition) is 4. The molecule has 2 aromatic rings.